The van der Waals surface area contributed by atoms with Crippen LogP contribution in [0.1, 0.15) is 0 Å². The van der Waals surface area contributed by atoms with Gasteiger partial charge in [-0.2, -0.15) is 0 Å². The van der Waals surface area contributed by atoms with Gasteiger partial charge in [-0.25, -0.2) is 34.8 Å². The normalized spacial score (nSPS) is 12.3. The van der Waals surface area contributed by atoms with Crippen molar-refractivity contribution in [1.82, 2.24) is 0 Å². The molecule has 0 bridgehead atoms. The highest BCUT2D eigenvalue weighted by Gasteiger charge is 2.21. The second kappa shape index (κ2) is 8.26. The number of benzene rings is 3. The number of nitrogens with two attached hydrogens (primary N) is 1. The Morgan fingerprint density at radius 2 is 1.10 bits per heavy atom. The van der Waals surface area contributed by atoms with E-state index in [9.17, 15) is 29.6 Å². The summed E-state index contributed by atoms with van der Waals surface area (Å²) >= 11 is 0. The first-order chi connectivity index (χ1) is 14.4. The van der Waals surface area contributed by atoms with Crippen LogP contribution in [0.4, 0.5) is 15.8 Å². The van der Waals surface area contributed by atoms with Crippen LogP contribution < -0.4 is 14.6 Å². The quantitative estimate of drug-likeness (QED) is 0.466. The van der Waals surface area contributed by atoms with Crippen molar-refractivity contribution in [3.8, 4) is 0 Å². The van der Waals surface area contributed by atoms with Gasteiger partial charge in [0, 0.05) is 0 Å². The Bertz CT molecular complexity index is 1440. The second-order valence-electron chi connectivity index (χ2n) is 6.23. The van der Waals surface area contributed by atoms with E-state index in [0.717, 1.165) is 42.5 Å². The maximum Gasteiger partial charge on any atom is 0.262 e. The Balaban J connectivity index is 1.95. The first kappa shape index (κ1) is 22.7. The zero-order valence-electron chi connectivity index (χ0n) is 15.6. The molecule has 3 rings (SSSR count). The van der Waals surface area contributed by atoms with Gasteiger partial charge in [-0.15, -0.1) is 0 Å². The number of hydrogen-bond acceptors (Lipinski definition) is 6. The molecule has 0 saturated carbocycles. The van der Waals surface area contributed by atoms with E-state index in [4.69, 9.17) is 5.14 Å². The predicted molar refractivity (Wildman–Crippen MR) is 112 cm³/mol. The van der Waals surface area contributed by atoms with E-state index < -0.39 is 45.7 Å². The van der Waals surface area contributed by atoms with Gasteiger partial charge in [0.2, 0.25) is 10.0 Å². The minimum Gasteiger partial charge on any atom is -0.277 e. The summed E-state index contributed by atoms with van der Waals surface area (Å²) in [7, 11) is -12.6. The van der Waals surface area contributed by atoms with Crippen molar-refractivity contribution in [2.24, 2.45) is 5.14 Å². The van der Waals surface area contributed by atoms with Gasteiger partial charge in [-0.1, -0.05) is 18.2 Å². The third-order valence-corrected chi connectivity index (χ3v) is 7.64. The molecule has 0 aliphatic heterocycles. The maximum atomic E-state index is 13.1. The molecule has 0 aliphatic carbocycles. The molecule has 31 heavy (non-hydrogen) atoms. The summed E-state index contributed by atoms with van der Waals surface area (Å²) in [5.74, 6) is -0.617. The minimum absolute atomic E-state index is 0.0991. The van der Waals surface area contributed by atoms with E-state index in [1.165, 1.54) is 30.3 Å². The lowest BCUT2D eigenvalue weighted by molar-refractivity contribution is 0.595. The lowest BCUT2D eigenvalue weighted by atomic mass is 10.3. The standard InChI is InChI=1S/C18H16FN3O6S3/c19-13-8-10-14(11-9-13)30(25,26)21-17-6-1-2-7-18(17)22-31(27,28)16-5-3-4-15(12-16)29(20,23)24/h1-12,21-22H,(H2,20,23,24). The highest BCUT2D eigenvalue weighted by Crippen LogP contribution is 2.27. The van der Waals surface area contributed by atoms with E-state index in [2.05, 4.69) is 9.44 Å². The molecule has 164 valence electrons. The fourth-order valence-corrected chi connectivity index (χ4v) is 5.34. The van der Waals surface area contributed by atoms with Crippen molar-refractivity contribution in [2.75, 3.05) is 9.44 Å². The molecule has 0 aromatic heterocycles. The number of para-hydroxylation sites is 2. The largest absolute Gasteiger partial charge is 0.277 e. The number of sulfonamides is 3. The third kappa shape index (κ3) is 5.38. The second-order valence-corrected chi connectivity index (χ2v) is 11.2. The van der Waals surface area contributed by atoms with Crippen LogP contribution in [0.5, 0.6) is 0 Å². The van der Waals surface area contributed by atoms with E-state index in [0.29, 0.717) is 0 Å². The molecule has 0 aliphatic rings. The molecule has 13 heteroatoms. The first-order valence-corrected chi connectivity index (χ1v) is 12.9. The lowest BCUT2D eigenvalue weighted by Crippen LogP contribution is -2.18. The topological polar surface area (TPSA) is 152 Å². The summed E-state index contributed by atoms with van der Waals surface area (Å²) in [6.07, 6.45) is 0. The Labute approximate surface area is 178 Å². The molecule has 0 amide bonds. The van der Waals surface area contributed by atoms with Crippen molar-refractivity contribution in [2.45, 2.75) is 14.7 Å². The Hall–Kier alpha value is -3.00. The van der Waals surface area contributed by atoms with Crippen molar-refractivity contribution in [3.05, 3.63) is 78.6 Å². The molecule has 4 N–H and O–H groups in total. The number of rotatable bonds is 7. The highest BCUT2D eigenvalue weighted by atomic mass is 32.2. The van der Waals surface area contributed by atoms with Crippen molar-refractivity contribution in [3.63, 3.8) is 0 Å². The highest BCUT2D eigenvalue weighted by molar-refractivity contribution is 7.93. The van der Waals surface area contributed by atoms with Crippen LogP contribution >= 0.6 is 0 Å². The monoisotopic (exact) mass is 485 g/mol. The summed E-state index contributed by atoms with van der Waals surface area (Å²) in [4.78, 5) is -1.02. The van der Waals surface area contributed by atoms with Gasteiger partial charge < -0.3 is 0 Å². The Morgan fingerprint density at radius 3 is 1.61 bits per heavy atom. The first-order valence-electron chi connectivity index (χ1n) is 8.42. The van der Waals surface area contributed by atoms with Crippen LogP contribution in [0, 0.1) is 5.82 Å². The number of halogens is 1. The summed E-state index contributed by atoms with van der Waals surface area (Å²) in [5, 5.41) is 5.04. The number of hydrogen-bond donors (Lipinski definition) is 3. The van der Waals surface area contributed by atoms with Crippen molar-refractivity contribution in [1.29, 1.82) is 0 Å². The molecular formula is C18H16FN3O6S3. The number of nitrogens with one attached hydrogen (secondary N) is 2. The van der Waals surface area contributed by atoms with Crippen LogP contribution in [0.15, 0.2) is 87.5 Å². The van der Waals surface area contributed by atoms with Gasteiger partial charge in [0.15, 0.2) is 0 Å². The average Bonchev–Trinajstić information content (AvgIpc) is 2.69. The molecule has 0 atom stereocenters. The fraction of sp³-hybridized carbons (Fsp3) is 0. The van der Waals surface area contributed by atoms with E-state index in [1.54, 1.807) is 0 Å². The van der Waals surface area contributed by atoms with Crippen LogP contribution in [0.3, 0.4) is 0 Å². The molecule has 9 nitrogen and oxygen atoms in total. The molecule has 0 saturated heterocycles. The van der Waals surface area contributed by atoms with E-state index >= 15 is 0 Å². The van der Waals surface area contributed by atoms with Crippen LogP contribution in [-0.2, 0) is 30.1 Å². The summed E-state index contributed by atoms with van der Waals surface area (Å²) in [6.45, 7) is 0. The molecule has 3 aromatic carbocycles. The molecule has 0 spiro atoms. The Morgan fingerprint density at radius 1 is 0.613 bits per heavy atom. The minimum atomic E-state index is -4.30. The molecule has 0 fully saturated rings. The van der Waals surface area contributed by atoms with Gasteiger partial charge in [0.1, 0.15) is 5.82 Å². The SMILES string of the molecule is NS(=O)(=O)c1cccc(S(=O)(=O)Nc2ccccc2NS(=O)(=O)c2ccc(F)cc2)c1. The van der Waals surface area contributed by atoms with Gasteiger partial charge >= 0.3 is 0 Å². The Kier molecular flexibility index (Phi) is 6.04. The summed E-state index contributed by atoms with van der Waals surface area (Å²) < 4.78 is 91.1. The van der Waals surface area contributed by atoms with Crippen molar-refractivity contribution < 1.29 is 29.6 Å². The molecule has 0 unspecified atom stereocenters. The predicted octanol–water partition coefficient (Wildman–Crippen LogP) is 2.07. The van der Waals surface area contributed by atoms with Gasteiger partial charge in [0.25, 0.3) is 20.0 Å². The smallest absolute Gasteiger partial charge is 0.262 e. The van der Waals surface area contributed by atoms with Crippen LogP contribution in [-0.4, -0.2) is 25.3 Å². The van der Waals surface area contributed by atoms with Crippen molar-refractivity contribution >= 4 is 41.4 Å². The van der Waals surface area contributed by atoms with Gasteiger partial charge in [-0.3, -0.25) is 9.44 Å². The summed E-state index contributed by atoms with van der Waals surface area (Å²) in [5.41, 5.74) is -0.216. The van der Waals surface area contributed by atoms with E-state index in [1.807, 2.05) is 0 Å². The third-order valence-electron chi connectivity index (χ3n) is 3.98. The number of anilines is 2. The molecule has 0 heterocycles. The molecule has 0 radical (unpaired) electrons. The maximum absolute atomic E-state index is 13.1. The van der Waals surface area contributed by atoms with Crippen LogP contribution in [0.2, 0.25) is 0 Å². The fourth-order valence-electron chi connectivity index (χ4n) is 2.50. The average molecular weight is 486 g/mol. The lowest BCUT2D eigenvalue weighted by Gasteiger charge is -2.15. The van der Waals surface area contributed by atoms with E-state index in [-0.39, 0.29) is 16.3 Å². The van der Waals surface area contributed by atoms with Crippen LogP contribution in [0.25, 0.3) is 0 Å². The zero-order valence-corrected chi connectivity index (χ0v) is 18.0. The molecular weight excluding hydrogens is 469 g/mol. The number of primary sulfonamides is 1. The zero-order chi connectivity index (χ0) is 22.9. The summed E-state index contributed by atoms with van der Waals surface area (Å²) in [6, 6.07) is 14.0. The van der Waals surface area contributed by atoms with Gasteiger partial charge in [-0.05, 0) is 54.6 Å². The van der Waals surface area contributed by atoms with Gasteiger partial charge in [0.05, 0.1) is 26.1 Å². The molecule has 3 aromatic rings.